The molecule has 2 bridgehead atoms. The highest BCUT2D eigenvalue weighted by atomic mass is 16.3. The lowest BCUT2D eigenvalue weighted by molar-refractivity contribution is -0.136. The average Bonchev–Trinajstić information content (AvgIpc) is 3.16. The summed E-state index contributed by atoms with van der Waals surface area (Å²) in [6, 6.07) is 6.32. The molecule has 1 aromatic rings. The Morgan fingerprint density at radius 3 is 2.79 bits per heavy atom. The second-order valence-corrected chi connectivity index (χ2v) is 8.56. The number of carbonyl (C=O) groups excluding carboxylic acids is 3. The number of hydrogen-bond donors (Lipinski definition) is 3. The summed E-state index contributed by atoms with van der Waals surface area (Å²) in [6.07, 6.45) is 2.85. The van der Waals surface area contributed by atoms with Gasteiger partial charge in [-0.1, -0.05) is 12.1 Å². The normalized spacial score (nSPS) is 31.9. The molecule has 1 aromatic carbocycles. The van der Waals surface area contributed by atoms with Crippen molar-refractivity contribution in [3.63, 3.8) is 0 Å². The number of aliphatic hydroxyl groups excluding tert-OH is 1. The summed E-state index contributed by atoms with van der Waals surface area (Å²) in [4.78, 5) is 40.7. The van der Waals surface area contributed by atoms with E-state index in [4.69, 9.17) is 0 Å². The van der Waals surface area contributed by atoms with Crippen LogP contribution in [0, 0.1) is 0 Å². The number of hydrogen-bond acceptors (Lipinski definition) is 6. The van der Waals surface area contributed by atoms with E-state index in [1.807, 2.05) is 12.1 Å². The number of carbonyl (C=O) groups is 3. The van der Waals surface area contributed by atoms with E-state index >= 15 is 0 Å². The van der Waals surface area contributed by atoms with Crippen molar-refractivity contribution in [1.82, 2.24) is 20.4 Å². The first-order valence-corrected chi connectivity index (χ1v) is 10.4. The van der Waals surface area contributed by atoms with Crippen LogP contribution in [0.2, 0.25) is 0 Å². The monoisotopic (exact) mass is 398 g/mol. The highest BCUT2D eigenvalue weighted by molar-refractivity contribution is 6.05. The number of amides is 3. The molecular formula is C21H26N4O4. The number of nitrogens with zero attached hydrogens (tertiary/aromatic N) is 2. The number of fused-ring (bicyclic) bond motifs is 3. The molecule has 8 heteroatoms. The molecule has 3 fully saturated rings. The van der Waals surface area contributed by atoms with Gasteiger partial charge in [0.2, 0.25) is 11.8 Å². The SMILES string of the molecule is O=C1CCC(N2Cc3ccc(CN4[C@H]5CC[C@@H]4[C@H](CO)NC5)cc3C2=O)C(=O)N1. The maximum Gasteiger partial charge on any atom is 0.255 e. The molecule has 3 N–H and O–H groups in total. The fraction of sp³-hybridized carbons (Fsp3) is 0.571. The quantitative estimate of drug-likeness (QED) is 0.605. The summed E-state index contributed by atoms with van der Waals surface area (Å²) >= 11 is 0. The van der Waals surface area contributed by atoms with Gasteiger partial charge >= 0.3 is 0 Å². The predicted octanol–water partition coefficient (Wildman–Crippen LogP) is -0.255. The van der Waals surface area contributed by atoms with Gasteiger partial charge in [0.05, 0.1) is 6.61 Å². The Bertz CT molecular complexity index is 872. The molecule has 0 radical (unpaired) electrons. The van der Waals surface area contributed by atoms with Crippen LogP contribution >= 0.6 is 0 Å². The maximum atomic E-state index is 13.0. The van der Waals surface area contributed by atoms with Crippen LogP contribution in [-0.4, -0.2) is 69.9 Å². The molecule has 3 saturated heterocycles. The molecule has 4 aliphatic rings. The van der Waals surface area contributed by atoms with Gasteiger partial charge in [-0.3, -0.25) is 24.6 Å². The zero-order valence-electron chi connectivity index (χ0n) is 16.3. The minimum atomic E-state index is -0.578. The van der Waals surface area contributed by atoms with Crippen molar-refractivity contribution in [2.45, 2.75) is 62.9 Å². The van der Waals surface area contributed by atoms with E-state index in [2.05, 4.69) is 21.6 Å². The van der Waals surface area contributed by atoms with E-state index in [1.54, 1.807) is 4.90 Å². The lowest BCUT2D eigenvalue weighted by Gasteiger charge is -2.40. The highest BCUT2D eigenvalue weighted by Gasteiger charge is 2.42. The standard InChI is InChI=1S/C21H26N4O4/c26-11-16-17-4-3-14(8-22-16)24(17)9-12-1-2-13-10-25(21(29)15(13)7-12)18-5-6-19(27)23-20(18)28/h1-2,7,14,16-18,22,26H,3-6,8-11H2,(H,23,27,28)/t14-,16-,17+,18?/m0/s1. The van der Waals surface area contributed by atoms with Crippen LogP contribution in [0.15, 0.2) is 18.2 Å². The lowest BCUT2D eigenvalue weighted by Crippen LogP contribution is -2.58. The minimum absolute atomic E-state index is 0.104. The smallest absolute Gasteiger partial charge is 0.255 e. The summed E-state index contributed by atoms with van der Waals surface area (Å²) in [5.74, 6) is -0.785. The Balaban J connectivity index is 1.33. The first-order valence-electron chi connectivity index (χ1n) is 10.4. The largest absolute Gasteiger partial charge is 0.395 e. The van der Waals surface area contributed by atoms with E-state index in [9.17, 15) is 19.5 Å². The third-order valence-electron chi connectivity index (χ3n) is 6.93. The van der Waals surface area contributed by atoms with Gasteiger partial charge in [-0.25, -0.2) is 0 Å². The summed E-state index contributed by atoms with van der Waals surface area (Å²) in [5.41, 5.74) is 2.67. The van der Waals surface area contributed by atoms with Gasteiger partial charge in [-0.05, 0) is 36.5 Å². The molecule has 1 unspecified atom stereocenters. The molecule has 4 atom stereocenters. The highest BCUT2D eigenvalue weighted by Crippen LogP contribution is 2.33. The molecule has 0 aliphatic carbocycles. The van der Waals surface area contributed by atoms with Crippen LogP contribution in [0.25, 0.3) is 0 Å². The van der Waals surface area contributed by atoms with Crippen LogP contribution < -0.4 is 10.6 Å². The van der Waals surface area contributed by atoms with Crippen LogP contribution in [-0.2, 0) is 22.7 Å². The predicted molar refractivity (Wildman–Crippen MR) is 104 cm³/mol. The molecule has 29 heavy (non-hydrogen) atoms. The molecule has 0 saturated carbocycles. The number of aliphatic hydroxyl groups is 1. The Labute approximate surface area is 169 Å². The number of nitrogens with one attached hydrogen (secondary N) is 2. The topological polar surface area (TPSA) is 102 Å². The van der Waals surface area contributed by atoms with E-state index in [1.165, 1.54) is 0 Å². The molecule has 154 valence electrons. The van der Waals surface area contributed by atoms with Gasteiger partial charge in [0.25, 0.3) is 5.91 Å². The average molecular weight is 398 g/mol. The Morgan fingerprint density at radius 2 is 2.00 bits per heavy atom. The number of piperazine rings is 1. The molecule has 8 nitrogen and oxygen atoms in total. The lowest BCUT2D eigenvalue weighted by atomic mass is 10.0. The summed E-state index contributed by atoms with van der Waals surface area (Å²) in [6.45, 7) is 2.19. The first-order chi connectivity index (χ1) is 14.0. The second-order valence-electron chi connectivity index (χ2n) is 8.56. The van der Waals surface area contributed by atoms with Gasteiger partial charge in [0, 0.05) is 49.7 Å². The Kier molecular flexibility index (Phi) is 4.64. The number of imide groups is 1. The number of rotatable bonds is 4. The third kappa shape index (κ3) is 3.15. The van der Waals surface area contributed by atoms with Crippen molar-refractivity contribution in [3.8, 4) is 0 Å². The fourth-order valence-corrected chi connectivity index (χ4v) is 5.38. The molecule has 0 aromatic heterocycles. The number of piperidine rings is 1. The molecule has 5 rings (SSSR count). The van der Waals surface area contributed by atoms with Crippen molar-refractivity contribution in [3.05, 3.63) is 34.9 Å². The van der Waals surface area contributed by atoms with Crippen molar-refractivity contribution in [1.29, 1.82) is 0 Å². The van der Waals surface area contributed by atoms with E-state index < -0.39 is 6.04 Å². The summed E-state index contributed by atoms with van der Waals surface area (Å²) < 4.78 is 0. The molecule has 3 amide bonds. The van der Waals surface area contributed by atoms with E-state index in [0.29, 0.717) is 30.6 Å². The van der Waals surface area contributed by atoms with Crippen LogP contribution in [0.3, 0.4) is 0 Å². The fourth-order valence-electron chi connectivity index (χ4n) is 5.38. The molecule has 0 spiro atoms. The molecule has 4 heterocycles. The summed E-state index contributed by atoms with van der Waals surface area (Å²) in [7, 11) is 0. The van der Waals surface area contributed by atoms with Crippen molar-refractivity contribution >= 4 is 17.7 Å². The van der Waals surface area contributed by atoms with Crippen molar-refractivity contribution in [2.24, 2.45) is 0 Å². The third-order valence-corrected chi connectivity index (χ3v) is 6.93. The van der Waals surface area contributed by atoms with Crippen LogP contribution in [0.5, 0.6) is 0 Å². The van der Waals surface area contributed by atoms with Gasteiger partial charge in [0.1, 0.15) is 6.04 Å². The van der Waals surface area contributed by atoms with Gasteiger partial charge in [-0.2, -0.15) is 0 Å². The van der Waals surface area contributed by atoms with Crippen LogP contribution in [0.1, 0.15) is 47.2 Å². The zero-order valence-corrected chi connectivity index (χ0v) is 16.3. The Morgan fingerprint density at radius 1 is 1.14 bits per heavy atom. The van der Waals surface area contributed by atoms with E-state index in [0.717, 1.165) is 37.1 Å². The summed E-state index contributed by atoms with van der Waals surface area (Å²) in [5, 5.41) is 15.4. The minimum Gasteiger partial charge on any atom is -0.395 e. The second kappa shape index (κ2) is 7.19. The van der Waals surface area contributed by atoms with Gasteiger partial charge in [0.15, 0.2) is 0 Å². The van der Waals surface area contributed by atoms with Crippen molar-refractivity contribution < 1.29 is 19.5 Å². The first kappa shape index (κ1) is 18.7. The van der Waals surface area contributed by atoms with Crippen LogP contribution in [0.4, 0.5) is 0 Å². The Hall–Kier alpha value is -2.29. The van der Waals surface area contributed by atoms with E-state index in [-0.39, 0.29) is 36.8 Å². The maximum absolute atomic E-state index is 13.0. The number of benzene rings is 1. The van der Waals surface area contributed by atoms with Crippen molar-refractivity contribution in [2.75, 3.05) is 13.2 Å². The van der Waals surface area contributed by atoms with Gasteiger partial charge < -0.3 is 15.3 Å². The zero-order chi connectivity index (χ0) is 20.1. The molecular weight excluding hydrogens is 372 g/mol. The molecule has 4 aliphatic heterocycles. The van der Waals surface area contributed by atoms with Gasteiger partial charge in [-0.15, -0.1) is 0 Å².